The number of aliphatic hydroxyl groups excluding tert-OH is 1. The Morgan fingerprint density at radius 1 is 1.45 bits per heavy atom. The van der Waals surface area contributed by atoms with Gasteiger partial charge in [-0.2, -0.15) is 0 Å². The zero-order chi connectivity index (χ0) is 14.5. The molecule has 0 aromatic heterocycles. The molecule has 0 bridgehead atoms. The Bertz CT molecular complexity index is 470. The van der Waals surface area contributed by atoms with Crippen molar-refractivity contribution in [2.45, 2.75) is 25.9 Å². The number of aryl methyl sites for hydroxylation is 1. The van der Waals surface area contributed by atoms with Gasteiger partial charge in [0.1, 0.15) is 0 Å². The lowest BCUT2D eigenvalue weighted by molar-refractivity contribution is -0.385. The van der Waals surface area contributed by atoms with Crippen molar-refractivity contribution >= 4 is 11.4 Å². The highest BCUT2D eigenvalue weighted by Gasteiger charge is 2.21. The fourth-order valence-corrected chi connectivity index (χ4v) is 2.49. The molecule has 1 fully saturated rings. The van der Waals surface area contributed by atoms with Crippen LogP contribution in [0.2, 0.25) is 0 Å². The van der Waals surface area contributed by atoms with Gasteiger partial charge < -0.3 is 14.7 Å². The van der Waals surface area contributed by atoms with Crippen molar-refractivity contribution in [1.82, 2.24) is 0 Å². The summed E-state index contributed by atoms with van der Waals surface area (Å²) in [6, 6.07) is 5.36. The molecule has 0 saturated carbocycles. The quantitative estimate of drug-likeness (QED) is 0.658. The number of hydrogen-bond donors (Lipinski definition) is 1. The van der Waals surface area contributed by atoms with Crippen LogP contribution in [0.3, 0.4) is 0 Å². The van der Waals surface area contributed by atoms with Crippen molar-refractivity contribution in [3.8, 4) is 0 Å². The van der Waals surface area contributed by atoms with Crippen molar-refractivity contribution in [2.75, 3.05) is 31.2 Å². The minimum absolute atomic E-state index is 0.0460. The van der Waals surface area contributed by atoms with E-state index in [2.05, 4.69) is 4.90 Å². The van der Waals surface area contributed by atoms with E-state index in [-0.39, 0.29) is 23.3 Å². The molecule has 110 valence electrons. The molecule has 1 heterocycles. The maximum absolute atomic E-state index is 11.0. The van der Waals surface area contributed by atoms with Crippen LogP contribution in [0.5, 0.6) is 0 Å². The lowest BCUT2D eigenvalue weighted by Gasteiger charge is -2.33. The number of benzene rings is 1. The molecule has 6 nitrogen and oxygen atoms in total. The molecule has 1 saturated heterocycles. The van der Waals surface area contributed by atoms with Crippen LogP contribution >= 0.6 is 0 Å². The summed E-state index contributed by atoms with van der Waals surface area (Å²) >= 11 is 0. The SMILES string of the molecule is Cc1ccc(N2CCC(OCCO)CC2)cc1[N+](=O)[O-]. The van der Waals surface area contributed by atoms with Crippen molar-refractivity contribution in [3.63, 3.8) is 0 Å². The monoisotopic (exact) mass is 280 g/mol. The van der Waals surface area contributed by atoms with Crippen LogP contribution in [0, 0.1) is 17.0 Å². The van der Waals surface area contributed by atoms with Gasteiger partial charge >= 0.3 is 0 Å². The van der Waals surface area contributed by atoms with Crippen LogP contribution in [0.25, 0.3) is 0 Å². The van der Waals surface area contributed by atoms with E-state index in [1.54, 1.807) is 19.1 Å². The number of nitro groups is 1. The van der Waals surface area contributed by atoms with Gasteiger partial charge in [-0.3, -0.25) is 10.1 Å². The second kappa shape index (κ2) is 6.67. The molecule has 0 amide bonds. The molecule has 0 atom stereocenters. The van der Waals surface area contributed by atoms with E-state index in [1.807, 2.05) is 6.07 Å². The molecule has 1 aliphatic rings. The van der Waals surface area contributed by atoms with Gasteiger partial charge in [0.25, 0.3) is 5.69 Å². The van der Waals surface area contributed by atoms with Crippen LogP contribution in [0.4, 0.5) is 11.4 Å². The Morgan fingerprint density at radius 3 is 2.75 bits per heavy atom. The number of piperidine rings is 1. The largest absolute Gasteiger partial charge is 0.394 e. The molecule has 0 aliphatic carbocycles. The van der Waals surface area contributed by atoms with Gasteiger partial charge in [-0.1, -0.05) is 6.07 Å². The summed E-state index contributed by atoms with van der Waals surface area (Å²) in [6.45, 7) is 3.80. The Kier molecular flexibility index (Phi) is 4.92. The highest BCUT2D eigenvalue weighted by atomic mass is 16.6. The minimum Gasteiger partial charge on any atom is -0.394 e. The van der Waals surface area contributed by atoms with Gasteiger partial charge in [0.15, 0.2) is 0 Å². The van der Waals surface area contributed by atoms with E-state index in [9.17, 15) is 10.1 Å². The van der Waals surface area contributed by atoms with E-state index >= 15 is 0 Å². The van der Waals surface area contributed by atoms with Gasteiger partial charge in [-0.15, -0.1) is 0 Å². The molecule has 1 aliphatic heterocycles. The van der Waals surface area contributed by atoms with E-state index in [4.69, 9.17) is 9.84 Å². The maximum atomic E-state index is 11.0. The summed E-state index contributed by atoms with van der Waals surface area (Å²) < 4.78 is 5.51. The number of rotatable bonds is 5. The minimum atomic E-state index is -0.337. The molecule has 1 N–H and O–H groups in total. The predicted octanol–water partition coefficient (Wildman–Crippen LogP) is 1.88. The Morgan fingerprint density at radius 2 is 2.15 bits per heavy atom. The lowest BCUT2D eigenvalue weighted by Crippen LogP contribution is -2.37. The molecule has 20 heavy (non-hydrogen) atoms. The van der Waals surface area contributed by atoms with Crippen molar-refractivity contribution < 1.29 is 14.8 Å². The van der Waals surface area contributed by atoms with Gasteiger partial charge in [0, 0.05) is 30.4 Å². The highest BCUT2D eigenvalue weighted by molar-refractivity contribution is 5.56. The number of nitro benzene ring substituents is 1. The molecule has 2 rings (SSSR count). The molecular formula is C14H20N2O4. The lowest BCUT2D eigenvalue weighted by atomic mass is 10.1. The normalized spacial score (nSPS) is 16.4. The molecule has 0 radical (unpaired) electrons. The first-order chi connectivity index (χ1) is 9.61. The first-order valence-corrected chi connectivity index (χ1v) is 6.84. The summed E-state index contributed by atoms with van der Waals surface area (Å²) in [5.41, 5.74) is 1.74. The summed E-state index contributed by atoms with van der Waals surface area (Å²) in [5.74, 6) is 0. The highest BCUT2D eigenvalue weighted by Crippen LogP contribution is 2.27. The summed E-state index contributed by atoms with van der Waals surface area (Å²) in [5, 5.41) is 19.7. The van der Waals surface area contributed by atoms with Crippen molar-refractivity contribution in [1.29, 1.82) is 0 Å². The topological polar surface area (TPSA) is 75.8 Å². The van der Waals surface area contributed by atoms with Crippen molar-refractivity contribution in [3.05, 3.63) is 33.9 Å². The maximum Gasteiger partial charge on any atom is 0.274 e. The second-order valence-corrected chi connectivity index (χ2v) is 5.01. The number of ether oxygens (including phenoxy) is 1. The second-order valence-electron chi connectivity index (χ2n) is 5.01. The van der Waals surface area contributed by atoms with Crippen LogP contribution in [0.1, 0.15) is 18.4 Å². The third kappa shape index (κ3) is 3.46. The zero-order valence-corrected chi connectivity index (χ0v) is 11.6. The Labute approximate surface area is 118 Å². The standard InChI is InChI=1S/C14H20N2O4/c1-11-2-3-12(10-14(11)16(18)19)15-6-4-13(5-7-15)20-9-8-17/h2-3,10,13,17H,4-9H2,1H3. The molecule has 0 unspecified atom stereocenters. The van der Waals surface area contributed by atoms with E-state index in [1.165, 1.54) is 0 Å². The third-order valence-corrected chi connectivity index (χ3v) is 3.64. The smallest absolute Gasteiger partial charge is 0.274 e. The van der Waals surface area contributed by atoms with Gasteiger partial charge in [-0.25, -0.2) is 0 Å². The first-order valence-electron chi connectivity index (χ1n) is 6.84. The molecule has 1 aromatic rings. The molecule has 1 aromatic carbocycles. The fraction of sp³-hybridized carbons (Fsp3) is 0.571. The molecule has 0 spiro atoms. The number of nitrogens with zero attached hydrogens (tertiary/aromatic N) is 2. The average molecular weight is 280 g/mol. The number of anilines is 1. The summed E-state index contributed by atoms with van der Waals surface area (Å²) in [6.07, 6.45) is 1.93. The molecular weight excluding hydrogens is 260 g/mol. The number of hydrogen-bond acceptors (Lipinski definition) is 5. The third-order valence-electron chi connectivity index (χ3n) is 3.64. The van der Waals surface area contributed by atoms with Crippen LogP contribution in [-0.2, 0) is 4.74 Å². The summed E-state index contributed by atoms with van der Waals surface area (Å²) in [7, 11) is 0. The fourth-order valence-electron chi connectivity index (χ4n) is 2.49. The van der Waals surface area contributed by atoms with Crippen LogP contribution in [-0.4, -0.2) is 42.4 Å². The first kappa shape index (κ1) is 14.7. The predicted molar refractivity (Wildman–Crippen MR) is 76.1 cm³/mol. The van der Waals surface area contributed by atoms with Crippen LogP contribution in [0.15, 0.2) is 18.2 Å². The Balaban J connectivity index is 2.00. The van der Waals surface area contributed by atoms with E-state index in [0.29, 0.717) is 12.2 Å². The summed E-state index contributed by atoms with van der Waals surface area (Å²) in [4.78, 5) is 12.8. The Hall–Kier alpha value is -1.66. The van der Waals surface area contributed by atoms with Gasteiger partial charge in [0.05, 0.1) is 24.2 Å². The van der Waals surface area contributed by atoms with Gasteiger partial charge in [0.2, 0.25) is 0 Å². The van der Waals surface area contributed by atoms with Crippen molar-refractivity contribution in [2.24, 2.45) is 0 Å². The molecule has 6 heteroatoms. The van der Waals surface area contributed by atoms with Crippen LogP contribution < -0.4 is 4.90 Å². The zero-order valence-electron chi connectivity index (χ0n) is 11.6. The van der Waals surface area contributed by atoms with Gasteiger partial charge in [-0.05, 0) is 25.8 Å². The van der Waals surface area contributed by atoms with E-state index < -0.39 is 0 Å². The average Bonchev–Trinajstić information content (AvgIpc) is 2.46. The van der Waals surface area contributed by atoms with E-state index in [0.717, 1.165) is 31.6 Å². The number of aliphatic hydroxyl groups is 1.